The summed E-state index contributed by atoms with van der Waals surface area (Å²) in [6.07, 6.45) is 0. The Balaban J connectivity index is 1.10. The molecule has 0 saturated carbocycles. The van der Waals surface area contributed by atoms with Crippen molar-refractivity contribution in [3.05, 3.63) is 90.0 Å². The fourth-order valence-corrected chi connectivity index (χ4v) is 5.63. The first-order chi connectivity index (χ1) is 21.1. The number of phenolic OH excluding ortho intramolecular Hbond substituents is 1. The third kappa shape index (κ3) is 5.59. The van der Waals surface area contributed by atoms with E-state index in [0.717, 1.165) is 18.7 Å². The van der Waals surface area contributed by atoms with Crippen molar-refractivity contribution in [1.82, 2.24) is 29.9 Å². The highest BCUT2D eigenvalue weighted by molar-refractivity contribution is 5.94. The number of phenols is 1. The van der Waals surface area contributed by atoms with Gasteiger partial charge in [-0.1, -0.05) is 47.7 Å². The Morgan fingerprint density at radius 2 is 1.58 bits per heavy atom. The topological polar surface area (TPSA) is 113 Å². The number of benzene rings is 3. The van der Waals surface area contributed by atoms with Crippen LogP contribution in [0.15, 0.2) is 78.9 Å². The predicted molar refractivity (Wildman–Crippen MR) is 163 cm³/mol. The van der Waals surface area contributed by atoms with Crippen LogP contribution in [0.2, 0.25) is 0 Å². The molecule has 0 unspecified atom stereocenters. The molecule has 218 valence electrons. The van der Waals surface area contributed by atoms with Crippen molar-refractivity contribution in [2.24, 2.45) is 0 Å². The van der Waals surface area contributed by atoms with Crippen LogP contribution in [0.1, 0.15) is 15.9 Å². The van der Waals surface area contributed by atoms with Crippen LogP contribution in [-0.2, 0) is 11.3 Å². The molecule has 43 heavy (non-hydrogen) atoms. The number of piperazine rings is 1. The van der Waals surface area contributed by atoms with E-state index in [1.165, 1.54) is 5.69 Å². The molecule has 2 saturated heterocycles. The lowest BCUT2D eigenvalue weighted by Crippen LogP contribution is -2.48. The number of nitrogens with zero attached hydrogens (tertiary/aromatic N) is 8. The Morgan fingerprint density at radius 3 is 2.33 bits per heavy atom. The zero-order chi connectivity index (χ0) is 29.2. The summed E-state index contributed by atoms with van der Waals surface area (Å²) in [5, 5.41) is 19.0. The summed E-state index contributed by atoms with van der Waals surface area (Å²) in [5.41, 5.74) is 4.76. The van der Waals surface area contributed by atoms with Gasteiger partial charge in [0.2, 0.25) is 0 Å². The molecule has 1 amide bonds. The van der Waals surface area contributed by atoms with Crippen molar-refractivity contribution in [1.29, 1.82) is 0 Å². The number of ether oxygens (including phenoxy) is 1. The molecule has 0 radical (unpaired) electrons. The Kier molecular flexibility index (Phi) is 7.30. The molecule has 11 nitrogen and oxygen atoms in total. The quantitative estimate of drug-likeness (QED) is 0.325. The van der Waals surface area contributed by atoms with E-state index in [4.69, 9.17) is 14.7 Å². The largest absolute Gasteiger partial charge is 0.508 e. The molecule has 0 atom stereocenters. The van der Waals surface area contributed by atoms with Gasteiger partial charge in [-0.05, 0) is 42.0 Å². The molecule has 0 spiro atoms. The van der Waals surface area contributed by atoms with Gasteiger partial charge < -0.3 is 24.5 Å². The first-order valence-electron chi connectivity index (χ1n) is 14.5. The normalized spacial score (nSPS) is 15.7. The predicted octanol–water partition coefficient (Wildman–Crippen LogP) is 3.44. The maximum atomic E-state index is 13.3. The van der Waals surface area contributed by atoms with Crippen LogP contribution in [0.25, 0.3) is 22.6 Å². The van der Waals surface area contributed by atoms with Gasteiger partial charge in [-0.3, -0.25) is 4.79 Å². The molecule has 0 bridgehead atoms. The molecule has 2 aliphatic heterocycles. The summed E-state index contributed by atoms with van der Waals surface area (Å²) >= 11 is 0. The molecule has 1 N–H and O–H groups in total. The maximum Gasteiger partial charge on any atom is 0.253 e. The molecule has 11 heteroatoms. The first kappa shape index (κ1) is 26.8. The third-order valence-corrected chi connectivity index (χ3v) is 7.98. The van der Waals surface area contributed by atoms with E-state index >= 15 is 0 Å². The second kappa shape index (κ2) is 11.7. The fraction of sp³-hybridized carbons (Fsp3) is 0.281. The van der Waals surface area contributed by atoms with Crippen molar-refractivity contribution in [2.45, 2.75) is 6.54 Å². The summed E-state index contributed by atoms with van der Waals surface area (Å²) in [6.45, 7) is 6.02. The monoisotopic (exact) mass is 576 g/mol. The van der Waals surface area contributed by atoms with Crippen LogP contribution >= 0.6 is 0 Å². The summed E-state index contributed by atoms with van der Waals surface area (Å²) in [6, 6.07) is 24.9. The zero-order valence-electron chi connectivity index (χ0n) is 23.7. The summed E-state index contributed by atoms with van der Waals surface area (Å²) in [5.74, 6) is 1.38. The Bertz CT molecular complexity index is 1730. The van der Waals surface area contributed by atoms with Crippen molar-refractivity contribution in [3.63, 3.8) is 0 Å². The number of rotatable bonds is 6. The van der Waals surface area contributed by atoms with Crippen LogP contribution < -0.4 is 9.80 Å². The molecule has 3 aromatic carbocycles. The highest BCUT2D eigenvalue weighted by Gasteiger charge is 2.24. The number of aromatic hydroxyl groups is 1. The van der Waals surface area contributed by atoms with Gasteiger partial charge in [0, 0.05) is 56.1 Å². The second-order valence-electron chi connectivity index (χ2n) is 10.8. The van der Waals surface area contributed by atoms with Gasteiger partial charge in [0.25, 0.3) is 5.91 Å². The molecule has 5 aromatic rings. The van der Waals surface area contributed by atoms with Gasteiger partial charge in [-0.2, -0.15) is 0 Å². The average Bonchev–Trinajstić information content (AvgIpc) is 3.47. The molecule has 2 aliphatic rings. The highest BCUT2D eigenvalue weighted by Crippen LogP contribution is 2.28. The van der Waals surface area contributed by atoms with E-state index in [1.807, 2.05) is 53.4 Å². The first-order valence-corrected chi connectivity index (χ1v) is 14.5. The minimum atomic E-state index is 0.0455. The van der Waals surface area contributed by atoms with Crippen molar-refractivity contribution < 1.29 is 14.6 Å². The number of aromatic nitrogens is 5. The highest BCUT2D eigenvalue weighted by atomic mass is 16.5. The Hall–Kier alpha value is -5.03. The average molecular weight is 577 g/mol. The number of carbonyl (C=O) groups excluding carboxylic acids is 1. The van der Waals surface area contributed by atoms with E-state index in [0.29, 0.717) is 79.9 Å². The maximum absolute atomic E-state index is 13.3. The summed E-state index contributed by atoms with van der Waals surface area (Å²) < 4.78 is 7.30. The number of anilines is 2. The van der Waals surface area contributed by atoms with Crippen LogP contribution in [0.3, 0.4) is 0 Å². The van der Waals surface area contributed by atoms with Crippen molar-refractivity contribution >= 4 is 28.6 Å². The van der Waals surface area contributed by atoms with Crippen molar-refractivity contribution in [3.8, 4) is 17.1 Å². The van der Waals surface area contributed by atoms with E-state index in [-0.39, 0.29) is 11.7 Å². The lowest BCUT2D eigenvalue weighted by Gasteiger charge is -2.36. The van der Waals surface area contributed by atoms with Crippen molar-refractivity contribution in [2.75, 3.05) is 62.3 Å². The zero-order valence-corrected chi connectivity index (χ0v) is 23.7. The number of hydrogen-bond acceptors (Lipinski definition) is 9. The van der Waals surface area contributed by atoms with Crippen LogP contribution in [0.5, 0.6) is 5.75 Å². The van der Waals surface area contributed by atoms with E-state index in [2.05, 4.69) is 32.2 Å². The number of morpholine rings is 1. The van der Waals surface area contributed by atoms with E-state index < -0.39 is 0 Å². The number of hydrogen-bond donors (Lipinski definition) is 1. The molecular weight excluding hydrogens is 544 g/mol. The lowest BCUT2D eigenvalue weighted by molar-refractivity contribution is 0.0746. The minimum absolute atomic E-state index is 0.0455. The standard InChI is InChI=1S/C32H32N8O3/c41-27-8-4-5-25(21-27)29-33-30(38-17-19-43-20-18-38)28-31(34-29)40(36-35-28)22-23-9-11-24(12-10-23)32(42)39-15-13-37(14-16-39)26-6-2-1-3-7-26/h1-12,21,41H,13-20,22H2. The van der Waals surface area contributed by atoms with Gasteiger partial charge >= 0.3 is 0 Å². The minimum Gasteiger partial charge on any atom is -0.508 e. The molecule has 2 aromatic heterocycles. The van der Waals surface area contributed by atoms with Crippen LogP contribution in [0, 0.1) is 0 Å². The lowest BCUT2D eigenvalue weighted by atomic mass is 10.1. The smallest absolute Gasteiger partial charge is 0.253 e. The third-order valence-electron chi connectivity index (χ3n) is 7.98. The molecular formula is C32H32N8O3. The molecule has 7 rings (SSSR count). The summed E-state index contributed by atoms with van der Waals surface area (Å²) in [7, 11) is 0. The number of fused-ring (bicyclic) bond motifs is 1. The molecule has 4 heterocycles. The van der Waals surface area contributed by atoms with Gasteiger partial charge in [0.1, 0.15) is 5.75 Å². The van der Waals surface area contributed by atoms with Crippen LogP contribution in [0.4, 0.5) is 11.5 Å². The Labute approximate surface area is 249 Å². The van der Waals surface area contributed by atoms with Crippen LogP contribution in [-0.4, -0.2) is 93.4 Å². The van der Waals surface area contributed by atoms with Gasteiger partial charge in [-0.15, -0.1) is 5.10 Å². The van der Waals surface area contributed by atoms with Gasteiger partial charge in [0.15, 0.2) is 22.8 Å². The number of para-hydroxylation sites is 1. The Morgan fingerprint density at radius 1 is 0.814 bits per heavy atom. The second-order valence-corrected chi connectivity index (χ2v) is 10.8. The fourth-order valence-electron chi connectivity index (χ4n) is 5.63. The van der Waals surface area contributed by atoms with E-state index in [1.54, 1.807) is 22.9 Å². The molecule has 2 fully saturated rings. The summed E-state index contributed by atoms with van der Waals surface area (Å²) in [4.78, 5) is 29.3. The molecule has 0 aliphatic carbocycles. The SMILES string of the molecule is O=C(c1ccc(Cn2nnc3c(N4CCOCC4)nc(-c4cccc(O)c4)nc32)cc1)N1CCN(c2ccccc2)CC1. The number of amides is 1. The number of carbonyl (C=O) groups is 1. The van der Waals surface area contributed by atoms with Gasteiger partial charge in [0.05, 0.1) is 19.8 Å². The van der Waals surface area contributed by atoms with E-state index in [9.17, 15) is 9.90 Å². The van der Waals surface area contributed by atoms with Gasteiger partial charge in [-0.25, -0.2) is 14.6 Å².